The summed E-state index contributed by atoms with van der Waals surface area (Å²) in [6.45, 7) is 0.0955. The highest BCUT2D eigenvalue weighted by molar-refractivity contribution is 5.86. The Bertz CT molecular complexity index is 391. The summed E-state index contributed by atoms with van der Waals surface area (Å²) < 4.78 is 0. The third kappa shape index (κ3) is 4.69. The highest BCUT2D eigenvalue weighted by atomic mass is 16.4. The van der Waals surface area contributed by atoms with Gasteiger partial charge in [-0.15, -0.1) is 0 Å². The molecule has 1 atom stereocenters. The Kier molecular flexibility index (Phi) is 5.32. The molecular formula is C12H20N2O6. The van der Waals surface area contributed by atoms with E-state index in [1.807, 2.05) is 0 Å². The summed E-state index contributed by atoms with van der Waals surface area (Å²) >= 11 is 0. The minimum atomic E-state index is -1.49. The molecule has 2 amide bonds. The summed E-state index contributed by atoms with van der Waals surface area (Å²) in [4.78, 5) is 34.4. The van der Waals surface area contributed by atoms with Crippen molar-refractivity contribution in [2.24, 2.45) is 0 Å². The molecule has 0 aliphatic heterocycles. The molecule has 114 valence electrons. The lowest BCUT2D eigenvalue weighted by molar-refractivity contribution is -0.145. The number of likely N-dealkylation sites (N-methyl/N-ethyl adjacent to an activating group) is 1. The van der Waals surface area contributed by atoms with Crippen molar-refractivity contribution in [3.8, 4) is 0 Å². The lowest BCUT2D eigenvalue weighted by Crippen LogP contribution is -2.51. The SMILES string of the molecule is CN(CC1(O)CCCC1)C(=O)N[C@@H](CC(=O)O)C(=O)O. The fourth-order valence-corrected chi connectivity index (χ4v) is 2.34. The molecule has 8 heteroatoms. The quantitative estimate of drug-likeness (QED) is 0.539. The summed E-state index contributed by atoms with van der Waals surface area (Å²) in [6, 6.07) is -2.19. The number of rotatable bonds is 6. The molecule has 0 aromatic heterocycles. The molecule has 0 radical (unpaired) electrons. The zero-order valence-corrected chi connectivity index (χ0v) is 11.3. The first-order valence-corrected chi connectivity index (χ1v) is 6.42. The van der Waals surface area contributed by atoms with Crippen molar-refractivity contribution in [1.82, 2.24) is 10.2 Å². The van der Waals surface area contributed by atoms with E-state index in [1.165, 1.54) is 11.9 Å². The van der Waals surface area contributed by atoms with Crippen molar-refractivity contribution < 1.29 is 29.7 Å². The predicted octanol–water partition coefficient (Wildman–Crippen LogP) is -0.139. The third-order valence-electron chi connectivity index (χ3n) is 3.39. The monoisotopic (exact) mass is 288 g/mol. The van der Waals surface area contributed by atoms with E-state index in [0.29, 0.717) is 12.8 Å². The van der Waals surface area contributed by atoms with Crippen LogP contribution in [0.1, 0.15) is 32.1 Å². The molecule has 1 fully saturated rings. The van der Waals surface area contributed by atoms with E-state index in [1.54, 1.807) is 0 Å². The molecular weight excluding hydrogens is 268 g/mol. The number of hydrogen-bond donors (Lipinski definition) is 4. The predicted molar refractivity (Wildman–Crippen MR) is 68.3 cm³/mol. The topological polar surface area (TPSA) is 127 Å². The number of carboxylic acids is 2. The minimum absolute atomic E-state index is 0.0955. The second-order valence-corrected chi connectivity index (χ2v) is 5.23. The lowest BCUT2D eigenvalue weighted by atomic mass is 10.0. The van der Waals surface area contributed by atoms with Gasteiger partial charge in [0.1, 0.15) is 6.04 Å². The molecule has 0 spiro atoms. The molecule has 0 aromatic carbocycles. The molecule has 1 aliphatic rings. The Morgan fingerprint density at radius 1 is 1.25 bits per heavy atom. The van der Waals surface area contributed by atoms with Crippen LogP contribution in [0.5, 0.6) is 0 Å². The maximum Gasteiger partial charge on any atom is 0.326 e. The molecule has 1 aliphatic carbocycles. The van der Waals surface area contributed by atoms with Crippen molar-refractivity contribution in [1.29, 1.82) is 0 Å². The Morgan fingerprint density at radius 3 is 2.25 bits per heavy atom. The van der Waals surface area contributed by atoms with Crippen molar-refractivity contribution in [2.45, 2.75) is 43.7 Å². The normalized spacial score (nSPS) is 18.3. The van der Waals surface area contributed by atoms with Gasteiger partial charge in [-0.1, -0.05) is 12.8 Å². The summed E-state index contributed by atoms with van der Waals surface area (Å²) in [5, 5.41) is 29.7. The van der Waals surface area contributed by atoms with Crippen LogP contribution < -0.4 is 5.32 Å². The van der Waals surface area contributed by atoms with Crippen LogP contribution in [0.4, 0.5) is 4.79 Å². The van der Waals surface area contributed by atoms with Crippen molar-refractivity contribution >= 4 is 18.0 Å². The van der Waals surface area contributed by atoms with E-state index < -0.39 is 36.0 Å². The second kappa shape index (κ2) is 6.56. The van der Waals surface area contributed by atoms with E-state index in [0.717, 1.165) is 12.8 Å². The van der Waals surface area contributed by atoms with Gasteiger partial charge < -0.3 is 25.5 Å². The zero-order valence-electron chi connectivity index (χ0n) is 11.3. The van der Waals surface area contributed by atoms with Crippen LogP contribution in [0.2, 0.25) is 0 Å². The first-order valence-electron chi connectivity index (χ1n) is 6.42. The van der Waals surface area contributed by atoms with Crippen molar-refractivity contribution in [3.05, 3.63) is 0 Å². The van der Waals surface area contributed by atoms with Gasteiger partial charge in [0, 0.05) is 7.05 Å². The molecule has 1 rings (SSSR count). The van der Waals surface area contributed by atoms with Crippen LogP contribution in [0.15, 0.2) is 0 Å². The van der Waals surface area contributed by atoms with Gasteiger partial charge in [-0.25, -0.2) is 9.59 Å². The van der Waals surface area contributed by atoms with Crippen LogP contribution in [0.25, 0.3) is 0 Å². The van der Waals surface area contributed by atoms with Gasteiger partial charge in [0.15, 0.2) is 0 Å². The molecule has 0 unspecified atom stereocenters. The van der Waals surface area contributed by atoms with Crippen molar-refractivity contribution in [3.63, 3.8) is 0 Å². The Balaban J connectivity index is 2.54. The lowest BCUT2D eigenvalue weighted by Gasteiger charge is -2.29. The summed E-state index contributed by atoms with van der Waals surface area (Å²) in [5.74, 6) is -2.72. The van der Waals surface area contributed by atoms with Gasteiger partial charge in [-0.2, -0.15) is 0 Å². The van der Waals surface area contributed by atoms with Crippen LogP contribution in [-0.2, 0) is 9.59 Å². The van der Waals surface area contributed by atoms with Gasteiger partial charge in [0.05, 0.1) is 18.6 Å². The number of carbonyl (C=O) groups is 3. The maximum absolute atomic E-state index is 11.8. The molecule has 0 saturated heterocycles. The number of hydrogen-bond acceptors (Lipinski definition) is 4. The fraction of sp³-hybridized carbons (Fsp3) is 0.750. The highest BCUT2D eigenvalue weighted by Crippen LogP contribution is 2.29. The number of carbonyl (C=O) groups excluding carboxylic acids is 1. The average Bonchev–Trinajstić information content (AvgIpc) is 2.73. The van der Waals surface area contributed by atoms with E-state index in [4.69, 9.17) is 10.2 Å². The zero-order chi connectivity index (χ0) is 15.3. The molecule has 1 saturated carbocycles. The van der Waals surface area contributed by atoms with Crippen molar-refractivity contribution in [2.75, 3.05) is 13.6 Å². The Labute approximate surface area is 116 Å². The van der Waals surface area contributed by atoms with E-state index in [-0.39, 0.29) is 6.54 Å². The molecule has 20 heavy (non-hydrogen) atoms. The van der Waals surface area contributed by atoms with Crippen LogP contribution >= 0.6 is 0 Å². The Morgan fingerprint density at radius 2 is 1.80 bits per heavy atom. The van der Waals surface area contributed by atoms with Gasteiger partial charge in [-0.3, -0.25) is 4.79 Å². The standard InChI is InChI=1S/C12H20N2O6/c1-14(7-12(20)4-2-3-5-12)11(19)13-8(10(17)18)6-9(15)16/h8,20H,2-7H2,1H3,(H,13,19)(H,15,16)(H,17,18)/t8-/m0/s1. The number of urea groups is 1. The highest BCUT2D eigenvalue weighted by Gasteiger charge is 2.34. The number of carboxylic acid groups (broad SMARTS) is 2. The molecule has 8 nitrogen and oxygen atoms in total. The molecule has 0 heterocycles. The third-order valence-corrected chi connectivity index (χ3v) is 3.39. The molecule has 0 bridgehead atoms. The van der Waals surface area contributed by atoms with Gasteiger partial charge in [0.25, 0.3) is 0 Å². The molecule has 0 aromatic rings. The van der Waals surface area contributed by atoms with E-state index >= 15 is 0 Å². The number of aliphatic hydroxyl groups is 1. The van der Waals surface area contributed by atoms with Gasteiger partial charge in [0.2, 0.25) is 0 Å². The number of nitrogens with zero attached hydrogens (tertiary/aromatic N) is 1. The summed E-state index contributed by atoms with van der Waals surface area (Å²) in [7, 11) is 1.44. The summed E-state index contributed by atoms with van der Waals surface area (Å²) in [5.41, 5.74) is -0.933. The second-order valence-electron chi connectivity index (χ2n) is 5.23. The minimum Gasteiger partial charge on any atom is -0.481 e. The van der Waals surface area contributed by atoms with Crippen LogP contribution in [0, 0.1) is 0 Å². The number of amides is 2. The first-order chi connectivity index (χ1) is 9.23. The number of nitrogens with one attached hydrogen (secondary N) is 1. The van der Waals surface area contributed by atoms with Crippen LogP contribution in [-0.4, -0.2) is 63.4 Å². The molecule has 4 N–H and O–H groups in total. The van der Waals surface area contributed by atoms with Gasteiger partial charge in [-0.05, 0) is 12.8 Å². The van der Waals surface area contributed by atoms with E-state index in [9.17, 15) is 19.5 Å². The van der Waals surface area contributed by atoms with Gasteiger partial charge >= 0.3 is 18.0 Å². The average molecular weight is 288 g/mol. The number of aliphatic carboxylic acids is 2. The van der Waals surface area contributed by atoms with Crippen LogP contribution in [0.3, 0.4) is 0 Å². The fourth-order valence-electron chi connectivity index (χ4n) is 2.34. The maximum atomic E-state index is 11.8. The smallest absolute Gasteiger partial charge is 0.326 e. The Hall–Kier alpha value is -1.83. The van der Waals surface area contributed by atoms with E-state index in [2.05, 4.69) is 5.32 Å². The largest absolute Gasteiger partial charge is 0.481 e. The first kappa shape index (κ1) is 16.2. The summed E-state index contributed by atoms with van der Waals surface area (Å²) in [6.07, 6.45) is 2.29.